The van der Waals surface area contributed by atoms with Crippen molar-refractivity contribution in [3.63, 3.8) is 0 Å². The van der Waals surface area contributed by atoms with Crippen LogP contribution < -0.4 is 5.73 Å². The quantitative estimate of drug-likeness (QED) is 0.480. The van der Waals surface area contributed by atoms with E-state index in [2.05, 4.69) is 8.37 Å². The van der Waals surface area contributed by atoms with Gasteiger partial charge in [-0.25, -0.2) is 0 Å². The summed E-state index contributed by atoms with van der Waals surface area (Å²) < 4.78 is 51.8. The molecule has 2 atom stereocenters. The van der Waals surface area contributed by atoms with E-state index in [1.165, 1.54) is 0 Å². The molecular weight excluding hydrogens is 258 g/mol. The molecule has 0 aromatic rings. The van der Waals surface area contributed by atoms with E-state index < -0.39 is 26.5 Å². The maximum atomic E-state index is 10.7. The van der Waals surface area contributed by atoms with Gasteiger partial charge in [0.25, 0.3) is 20.2 Å². The van der Waals surface area contributed by atoms with Crippen molar-refractivity contribution < 1.29 is 25.2 Å². The number of nitrogens with two attached hydrogens (primary N) is 1. The van der Waals surface area contributed by atoms with E-state index in [0.29, 0.717) is 0 Å². The molecule has 0 aliphatic heterocycles. The van der Waals surface area contributed by atoms with Crippen LogP contribution in [-0.4, -0.2) is 42.2 Å². The molecule has 0 saturated carbocycles. The minimum absolute atomic E-state index is 0.0559. The summed E-state index contributed by atoms with van der Waals surface area (Å²) in [6, 6.07) is 0. The highest BCUT2D eigenvalue weighted by molar-refractivity contribution is 7.86. The third-order valence-electron chi connectivity index (χ3n) is 1.50. The monoisotopic (exact) mass is 275 g/mol. The van der Waals surface area contributed by atoms with Crippen LogP contribution in [0.25, 0.3) is 0 Å². The fourth-order valence-electron chi connectivity index (χ4n) is 0.968. The van der Waals surface area contributed by atoms with E-state index in [0.717, 1.165) is 12.5 Å². The van der Waals surface area contributed by atoms with Crippen molar-refractivity contribution in [2.75, 3.05) is 19.1 Å². The van der Waals surface area contributed by atoms with Gasteiger partial charge in [-0.1, -0.05) is 6.92 Å². The largest absolute Gasteiger partial charge is 0.305 e. The van der Waals surface area contributed by atoms with Gasteiger partial charge in [-0.3, -0.25) is 8.37 Å². The van der Waals surface area contributed by atoms with Crippen molar-refractivity contribution >= 4 is 20.2 Å². The van der Waals surface area contributed by atoms with E-state index in [9.17, 15) is 16.8 Å². The highest BCUT2D eigenvalue weighted by atomic mass is 32.2. The molecule has 2 N–H and O–H groups in total. The SMILES string of the molecule is CC(COS(C)(=O)=O)CC(N)OS(C)(=O)=O. The fraction of sp³-hybridized carbons (Fsp3) is 1.00. The van der Waals surface area contributed by atoms with Crippen LogP contribution in [0.1, 0.15) is 13.3 Å². The highest BCUT2D eigenvalue weighted by Gasteiger charge is 2.16. The minimum Gasteiger partial charge on any atom is -0.305 e. The lowest BCUT2D eigenvalue weighted by molar-refractivity contribution is 0.161. The van der Waals surface area contributed by atoms with Crippen LogP contribution in [0.4, 0.5) is 0 Å². The van der Waals surface area contributed by atoms with E-state index in [4.69, 9.17) is 5.73 Å². The maximum Gasteiger partial charge on any atom is 0.265 e. The number of rotatable bonds is 7. The van der Waals surface area contributed by atoms with Gasteiger partial charge < -0.3 is 5.73 Å². The smallest absolute Gasteiger partial charge is 0.265 e. The zero-order valence-electron chi connectivity index (χ0n) is 9.41. The first-order valence-corrected chi connectivity index (χ1v) is 8.11. The van der Waals surface area contributed by atoms with E-state index in [1.54, 1.807) is 6.92 Å². The van der Waals surface area contributed by atoms with Gasteiger partial charge in [-0.05, 0) is 12.3 Å². The molecule has 9 heteroatoms. The Labute approximate surface area is 96.2 Å². The summed E-state index contributed by atoms with van der Waals surface area (Å²) >= 11 is 0. The van der Waals surface area contributed by atoms with Crippen molar-refractivity contribution in [3.8, 4) is 0 Å². The molecule has 0 spiro atoms. The first-order chi connectivity index (χ1) is 6.99. The minimum atomic E-state index is -3.60. The Balaban J connectivity index is 4.01. The molecule has 7 nitrogen and oxygen atoms in total. The number of hydrogen-bond donors (Lipinski definition) is 1. The van der Waals surface area contributed by atoms with Gasteiger partial charge >= 0.3 is 0 Å². The van der Waals surface area contributed by atoms with Crippen LogP contribution >= 0.6 is 0 Å². The lowest BCUT2D eigenvalue weighted by atomic mass is 10.1. The van der Waals surface area contributed by atoms with Crippen molar-refractivity contribution in [1.29, 1.82) is 0 Å². The van der Waals surface area contributed by atoms with Crippen LogP contribution in [-0.2, 0) is 28.6 Å². The summed E-state index contributed by atoms with van der Waals surface area (Å²) in [7, 11) is -7.09. The lowest BCUT2D eigenvalue weighted by Crippen LogP contribution is -2.30. The Hall–Kier alpha value is -0.220. The van der Waals surface area contributed by atoms with Gasteiger partial charge in [-0.2, -0.15) is 16.8 Å². The second-order valence-electron chi connectivity index (χ2n) is 3.67. The first-order valence-electron chi connectivity index (χ1n) is 4.48. The maximum absolute atomic E-state index is 10.7. The molecule has 0 aliphatic carbocycles. The molecule has 16 heavy (non-hydrogen) atoms. The zero-order chi connectivity index (χ0) is 13.0. The van der Waals surface area contributed by atoms with Crippen molar-refractivity contribution in [2.45, 2.75) is 19.6 Å². The molecule has 0 aromatic heterocycles. The van der Waals surface area contributed by atoms with Crippen LogP contribution in [0.2, 0.25) is 0 Å². The third kappa shape index (κ3) is 10.3. The van der Waals surface area contributed by atoms with Crippen molar-refractivity contribution in [2.24, 2.45) is 11.7 Å². The van der Waals surface area contributed by atoms with E-state index in [-0.39, 0.29) is 18.9 Å². The second kappa shape index (κ2) is 5.92. The average Bonchev–Trinajstić information content (AvgIpc) is 1.95. The Morgan fingerprint density at radius 1 is 1.12 bits per heavy atom. The molecule has 0 bridgehead atoms. The third-order valence-corrected chi connectivity index (χ3v) is 2.66. The molecule has 0 aliphatic rings. The van der Waals surface area contributed by atoms with E-state index in [1.807, 2.05) is 0 Å². The molecule has 0 aromatic carbocycles. The standard InChI is InChI=1S/C7H17NO6S2/c1-6(5-13-15(2,9)10)4-7(8)14-16(3,11)12/h6-7H,4-5,8H2,1-3H3. The molecule has 98 valence electrons. The van der Waals surface area contributed by atoms with Gasteiger partial charge in [0.1, 0.15) is 6.23 Å². The second-order valence-corrected chi connectivity index (χ2v) is 6.91. The first kappa shape index (κ1) is 15.8. The van der Waals surface area contributed by atoms with Gasteiger partial charge in [0, 0.05) is 0 Å². The average molecular weight is 275 g/mol. The summed E-state index contributed by atoms with van der Waals surface area (Å²) in [4.78, 5) is 0. The van der Waals surface area contributed by atoms with Crippen LogP contribution in [0.5, 0.6) is 0 Å². The van der Waals surface area contributed by atoms with Gasteiger partial charge in [0.05, 0.1) is 19.1 Å². The highest BCUT2D eigenvalue weighted by Crippen LogP contribution is 2.09. The Morgan fingerprint density at radius 2 is 1.62 bits per heavy atom. The Kier molecular flexibility index (Phi) is 5.84. The Bertz CT molecular complexity index is 401. The summed E-state index contributed by atoms with van der Waals surface area (Å²) in [5, 5.41) is 0. The van der Waals surface area contributed by atoms with Gasteiger partial charge in [-0.15, -0.1) is 0 Å². The molecular formula is C7H17NO6S2. The molecule has 0 saturated heterocycles. The molecule has 0 rings (SSSR count). The van der Waals surface area contributed by atoms with Gasteiger partial charge in [0.2, 0.25) is 0 Å². The van der Waals surface area contributed by atoms with Crippen LogP contribution in [0, 0.1) is 5.92 Å². The fourth-order valence-corrected chi connectivity index (χ4v) is 1.98. The predicted molar refractivity (Wildman–Crippen MR) is 58.5 cm³/mol. The van der Waals surface area contributed by atoms with Crippen LogP contribution in [0.3, 0.4) is 0 Å². The van der Waals surface area contributed by atoms with Crippen LogP contribution in [0.15, 0.2) is 0 Å². The summed E-state index contributed by atoms with van der Waals surface area (Å²) in [5.74, 6) is -0.230. The predicted octanol–water partition coefficient (Wildman–Crippen LogP) is -0.750. The topological polar surface area (TPSA) is 113 Å². The zero-order valence-corrected chi connectivity index (χ0v) is 11.0. The molecule has 0 amide bonds. The number of hydrogen-bond acceptors (Lipinski definition) is 7. The van der Waals surface area contributed by atoms with E-state index >= 15 is 0 Å². The Morgan fingerprint density at radius 3 is 2.00 bits per heavy atom. The molecule has 0 fully saturated rings. The summed E-state index contributed by atoms with van der Waals surface area (Å²) in [6.45, 7) is 1.62. The van der Waals surface area contributed by atoms with Crippen molar-refractivity contribution in [1.82, 2.24) is 0 Å². The summed E-state index contributed by atoms with van der Waals surface area (Å²) in [5.41, 5.74) is 5.39. The van der Waals surface area contributed by atoms with Crippen molar-refractivity contribution in [3.05, 3.63) is 0 Å². The molecule has 0 radical (unpaired) electrons. The molecule has 2 unspecified atom stereocenters. The van der Waals surface area contributed by atoms with Gasteiger partial charge in [0.15, 0.2) is 0 Å². The lowest BCUT2D eigenvalue weighted by Gasteiger charge is -2.15. The normalized spacial score (nSPS) is 17.0. The summed E-state index contributed by atoms with van der Waals surface area (Å²) in [6.07, 6.45) is 1.02. The molecule has 0 heterocycles.